The fraction of sp³-hybridized carbons (Fsp3) is 1.00. The summed E-state index contributed by atoms with van der Waals surface area (Å²) in [6.45, 7) is 5.41. The number of nitrogens with zero attached hydrogens (tertiary/aromatic N) is 2. The van der Waals surface area contributed by atoms with Crippen molar-refractivity contribution in [2.45, 2.75) is 103 Å². The Morgan fingerprint density at radius 1 is 0.500 bits per heavy atom. The molecule has 170 valence electrons. The minimum atomic E-state index is 0.363. The van der Waals surface area contributed by atoms with Gasteiger partial charge in [-0.2, -0.15) is 0 Å². The van der Waals surface area contributed by atoms with Crippen LogP contribution in [0.1, 0.15) is 96.8 Å². The molecule has 0 N–H and O–H groups in total. The Morgan fingerprint density at radius 2 is 0.821 bits per heavy atom. The number of quaternary nitrogens is 2. The molecule has 0 aliphatic rings. The first-order valence-corrected chi connectivity index (χ1v) is 12.4. The highest BCUT2D eigenvalue weighted by molar-refractivity contribution is 4.56. The number of hydrogen-bond acceptors (Lipinski definition) is 1. The molecule has 0 fully saturated rings. The Balaban J connectivity index is 3.53. The Hall–Kier alpha value is -0.120. The summed E-state index contributed by atoms with van der Waals surface area (Å²) in [6.07, 6.45) is 20.1. The van der Waals surface area contributed by atoms with Crippen LogP contribution in [0.25, 0.3) is 0 Å². The summed E-state index contributed by atoms with van der Waals surface area (Å²) in [5, 5.41) is 0. The van der Waals surface area contributed by atoms with Crippen LogP contribution in [0.15, 0.2) is 0 Å². The molecule has 0 spiro atoms. The molecule has 0 saturated carbocycles. The van der Waals surface area contributed by atoms with Crippen molar-refractivity contribution >= 4 is 0 Å². The lowest BCUT2D eigenvalue weighted by Crippen LogP contribution is -2.50. The van der Waals surface area contributed by atoms with Crippen molar-refractivity contribution in [2.24, 2.45) is 0 Å². The molecule has 0 saturated heterocycles. The van der Waals surface area contributed by atoms with Gasteiger partial charge in [-0.1, -0.05) is 90.4 Å². The molecule has 0 aromatic carbocycles. The van der Waals surface area contributed by atoms with E-state index in [9.17, 15) is 0 Å². The molecule has 3 heteroatoms. The zero-order chi connectivity index (χ0) is 21.3. The maximum absolute atomic E-state index is 6.27. The highest BCUT2D eigenvalue weighted by atomic mass is 16.5. The van der Waals surface area contributed by atoms with E-state index in [2.05, 4.69) is 49.2 Å². The molecule has 0 aliphatic carbocycles. The Kier molecular flexibility index (Phi) is 16.6. The third kappa shape index (κ3) is 22.2. The number of unbranched alkanes of at least 4 members (excludes halogenated alkanes) is 13. The molecule has 3 nitrogen and oxygen atoms in total. The second-order valence-corrected chi connectivity index (χ2v) is 11.0. The van der Waals surface area contributed by atoms with Crippen LogP contribution in [0.2, 0.25) is 0 Å². The Morgan fingerprint density at radius 3 is 1.14 bits per heavy atom. The molecular weight excluding hydrogens is 344 g/mol. The molecule has 0 heterocycles. The predicted molar refractivity (Wildman–Crippen MR) is 126 cm³/mol. The average molecular weight is 401 g/mol. The lowest BCUT2D eigenvalue weighted by Gasteiger charge is -2.33. The maximum Gasteiger partial charge on any atom is 0.155 e. The van der Waals surface area contributed by atoms with E-state index in [1.807, 2.05) is 0 Å². The largest absolute Gasteiger partial charge is 0.366 e. The average Bonchev–Trinajstić information content (AvgIpc) is 2.55. The van der Waals surface area contributed by atoms with Crippen LogP contribution in [-0.4, -0.2) is 77.1 Å². The van der Waals surface area contributed by atoms with Crippen LogP contribution >= 0.6 is 0 Å². The van der Waals surface area contributed by atoms with Crippen molar-refractivity contribution in [1.82, 2.24) is 0 Å². The molecule has 0 rings (SSSR count). The van der Waals surface area contributed by atoms with Gasteiger partial charge >= 0.3 is 0 Å². The van der Waals surface area contributed by atoms with Crippen molar-refractivity contribution in [1.29, 1.82) is 0 Å². The minimum absolute atomic E-state index is 0.363. The third-order valence-electron chi connectivity index (χ3n) is 5.35. The van der Waals surface area contributed by atoms with Crippen molar-refractivity contribution in [2.75, 3.05) is 62.0 Å². The lowest BCUT2D eigenvalue weighted by molar-refractivity contribution is -0.895. The van der Waals surface area contributed by atoms with Gasteiger partial charge in [0, 0.05) is 6.61 Å². The summed E-state index contributed by atoms with van der Waals surface area (Å²) in [5.41, 5.74) is 0. The van der Waals surface area contributed by atoms with Gasteiger partial charge in [-0.05, 0) is 6.42 Å². The molecule has 0 aromatic heterocycles. The SMILES string of the molecule is CCCCCCCCCCCCCCCCOC(C[N+](C)(C)C)C[N+](C)(C)C. The first kappa shape index (κ1) is 27.9. The summed E-state index contributed by atoms with van der Waals surface area (Å²) in [6, 6.07) is 0. The van der Waals surface area contributed by atoms with Gasteiger partial charge in [0.25, 0.3) is 0 Å². The van der Waals surface area contributed by atoms with Gasteiger partial charge in [0.1, 0.15) is 13.1 Å². The van der Waals surface area contributed by atoms with Gasteiger partial charge in [0.05, 0.1) is 42.3 Å². The van der Waals surface area contributed by atoms with Crippen molar-refractivity contribution in [3.05, 3.63) is 0 Å². The van der Waals surface area contributed by atoms with E-state index in [0.29, 0.717) is 6.10 Å². The number of rotatable bonds is 20. The van der Waals surface area contributed by atoms with E-state index < -0.39 is 0 Å². The number of ether oxygens (including phenoxy) is 1. The number of hydrogen-bond donors (Lipinski definition) is 0. The van der Waals surface area contributed by atoms with E-state index in [0.717, 1.165) is 28.7 Å². The third-order valence-corrected chi connectivity index (χ3v) is 5.35. The summed E-state index contributed by atoms with van der Waals surface area (Å²) in [7, 11) is 13.6. The van der Waals surface area contributed by atoms with Crippen LogP contribution in [0.5, 0.6) is 0 Å². The maximum atomic E-state index is 6.27. The van der Waals surface area contributed by atoms with Crippen LogP contribution in [0, 0.1) is 0 Å². The highest BCUT2D eigenvalue weighted by Gasteiger charge is 2.24. The van der Waals surface area contributed by atoms with E-state index in [1.165, 1.54) is 89.9 Å². The van der Waals surface area contributed by atoms with Gasteiger partial charge in [0.15, 0.2) is 6.10 Å². The van der Waals surface area contributed by atoms with Gasteiger partial charge in [-0.3, -0.25) is 0 Å². The molecule has 0 atom stereocenters. The van der Waals surface area contributed by atoms with Crippen molar-refractivity contribution in [3.63, 3.8) is 0 Å². The monoisotopic (exact) mass is 400 g/mol. The summed E-state index contributed by atoms with van der Waals surface area (Å²) < 4.78 is 8.22. The van der Waals surface area contributed by atoms with E-state index in [-0.39, 0.29) is 0 Å². The smallest absolute Gasteiger partial charge is 0.155 e. The first-order chi connectivity index (χ1) is 13.1. The Labute approximate surface area is 179 Å². The van der Waals surface area contributed by atoms with Crippen molar-refractivity contribution < 1.29 is 13.7 Å². The van der Waals surface area contributed by atoms with Crippen molar-refractivity contribution in [3.8, 4) is 0 Å². The van der Waals surface area contributed by atoms with E-state index in [1.54, 1.807) is 0 Å². The topological polar surface area (TPSA) is 9.23 Å². The zero-order valence-electron chi connectivity index (χ0n) is 20.9. The highest BCUT2D eigenvalue weighted by Crippen LogP contribution is 2.13. The fourth-order valence-corrected chi connectivity index (χ4v) is 3.93. The van der Waals surface area contributed by atoms with Gasteiger partial charge in [-0.15, -0.1) is 0 Å². The summed E-state index contributed by atoms with van der Waals surface area (Å²) in [4.78, 5) is 0. The molecule has 0 amide bonds. The summed E-state index contributed by atoms with van der Waals surface area (Å²) >= 11 is 0. The second-order valence-electron chi connectivity index (χ2n) is 11.0. The second kappa shape index (κ2) is 16.7. The number of likely N-dealkylation sites (N-methyl/N-ethyl adjacent to an activating group) is 2. The molecule has 0 aliphatic heterocycles. The Bertz CT molecular complexity index is 314. The van der Waals surface area contributed by atoms with Gasteiger partial charge < -0.3 is 13.7 Å². The summed E-state index contributed by atoms with van der Waals surface area (Å²) in [5.74, 6) is 0. The first-order valence-electron chi connectivity index (χ1n) is 12.4. The standard InChI is InChI=1S/C25H56N2O/c1-8-9-10-11-12-13-14-15-16-17-18-19-20-21-22-28-25(23-26(2,3)4)24-27(5,6)7/h25H,8-24H2,1-7H3/q+2. The molecule has 0 unspecified atom stereocenters. The fourth-order valence-electron chi connectivity index (χ4n) is 3.93. The quantitative estimate of drug-likeness (QED) is 0.173. The molecule has 0 aromatic rings. The zero-order valence-corrected chi connectivity index (χ0v) is 20.9. The minimum Gasteiger partial charge on any atom is -0.366 e. The predicted octanol–water partition coefficient (Wildman–Crippen LogP) is 6.27. The van der Waals surface area contributed by atoms with Crippen LogP contribution in [-0.2, 0) is 4.74 Å². The molecule has 28 heavy (non-hydrogen) atoms. The molecule has 0 radical (unpaired) electrons. The van der Waals surface area contributed by atoms with Crippen LogP contribution < -0.4 is 0 Å². The van der Waals surface area contributed by atoms with E-state index in [4.69, 9.17) is 4.74 Å². The van der Waals surface area contributed by atoms with Gasteiger partial charge in [0.2, 0.25) is 0 Å². The van der Waals surface area contributed by atoms with Gasteiger partial charge in [-0.25, -0.2) is 0 Å². The van der Waals surface area contributed by atoms with Crippen LogP contribution in [0.4, 0.5) is 0 Å². The molecular formula is C25H56N2O+2. The van der Waals surface area contributed by atoms with Crippen LogP contribution in [0.3, 0.4) is 0 Å². The molecule has 0 bridgehead atoms. The normalized spacial score (nSPS) is 12.9. The lowest BCUT2D eigenvalue weighted by atomic mass is 10.0. The van der Waals surface area contributed by atoms with E-state index >= 15 is 0 Å².